The van der Waals surface area contributed by atoms with Crippen LogP contribution in [0, 0.1) is 40.4 Å². The molecule has 4 aliphatic carbocycles. The van der Waals surface area contributed by atoms with Gasteiger partial charge in [-0.3, -0.25) is 4.79 Å². The van der Waals surface area contributed by atoms with Gasteiger partial charge >= 0.3 is 0 Å². The molecule has 0 radical (unpaired) electrons. The van der Waals surface area contributed by atoms with Crippen LogP contribution in [0.5, 0.6) is 0 Å². The summed E-state index contributed by atoms with van der Waals surface area (Å²) >= 11 is 6.66. The third kappa shape index (κ3) is 2.14. The summed E-state index contributed by atoms with van der Waals surface area (Å²) in [5.41, 5.74) is 1.54. The van der Waals surface area contributed by atoms with Crippen LogP contribution in [0.15, 0.2) is 10.6 Å². The van der Waals surface area contributed by atoms with Crippen molar-refractivity contribution in [3.8, 4) is 0 Å². The first-order chi connectivity index (χ1) is 10.9. The third-order valence-corrected chi connectivity index (χ3v) is 9.36. The minimum absolute atomic E-state index is 0.0874. The van der Waals surface area contributed by atoms with Gasteiger partial charge in [-0.25, -0.2) is 0 Å². The van der Waals surface area contributed by atoms with E-state index in [9.17, 15) is 4.79 Å². The highest BCUT2D eigenvalue weighted by molar-refractivity contribution is 6.32. The zero-order chi connectivity index (χ0) is 16.4. The van der Waals surface area contributed by atoms with Crippen molar-refractivity contribution in [2.75, 3.05) is 0 Å². The van der Waals surface area contributed by atoms with Gasteiger partial charge in [0.25, 0.3) is 0 Å². The second-order valence-corrected chi connectivity index (χ2v) is 10.0. The molecule has 0 aliphatic heterocycles. The number of fused-ring (bicyclic) bond motifs is 5. The number of hydrogen-bond donors (Lipinski definition) is 0. The molecule has 0 aromatic rings. The molecule has 3 fully saturated rings. The highest BCUT2D eigenvalue weighted by Gasteiger charge is 2.59. The molecule has 0 aromatic heterocycles. The Bertz CT molecular complexity index is 552. The molecule has 2 heteroatoms. The number of aldehydes is 1. The molecule has 0 N–H and O–H groups in total. The van der Waals surface area contributed by atoms with Gasteiger partial charge in [-0.2, -0.15) is 0 Å². The lowest BCUT2D eigenvalue weighted by Crippen LogP contribution is -2.52. The van der Waals surface area contributed by atoms with Gasteiger partial charge in [-0.05, 0) is 80.0 Å². The van der Waals surface area contributed by atoms with Crippen LogP contribution >= 0.6 is 11.6 Å². The number of hydrogen-bond acceptors (Lipinski definition) is 1. The van der Waals surface area contributed by atoms with Crippen LogP contribution in [0.1, 0.15) is 72.1 Å². The Hall–Kier alpha value is -0.300. The maximum atomic E-state index is 11.4. The standard InChI is InChI=1S/C21H31ClO/c1-13-6-8-20(2)15(10-13)4-5-16-17(20)7-9-21(3)18(16)11-14(12-23)19(21)22/h12-13,15-18H,4-11H2,1-3H3/t13-,15-,16+,17-,18-,20-,21-/m0/s1. The summed E-state index contributed by atoms with van der Waals surface area (Å²) in [6, 6.07) is 0. The Morgan fingerprint density at radius 1 is 1.09 bits per heavy atom. The molecule has 1 nitrogen and oxygen atoms in total. The van der Waals surface area contributed by atoms with E-state index in [-0.39, 0.29) is 5.41 Å². The van der Waals surface area contributed by atoms with E-state index in [1.165, 1.54) is 44.9 Å². The SMILES string of the molecule is C[C@H]1CC[C@@]2(C)[C@@H](CC[C@@H]3[C@@H]2CC[C@]2(C)C(Cl)=C(C=O)C[C@@H]32)C1. The van der Waals surface area contributed by atoms with E-state index in [4.69, 9.17) is 11.6 Å². The minimum atomic E-state index is 0.0874. The average Bonchev–Trinajstić information content (AvgIpc) is 2.79. The smallest absolute Gasteiger partial charge is 0.147 e. The highest BCUT2D eigenvalue weighted by atomic mass is 35.5. The van der Waals surface area contributed by atoms with Crippen molar-refractivity contribution < 1.29 is 4.79 Å². The zero-order valence-corrected chi connectivity index (χ0v) is 15.7. The number of allylic oxidation sites excluding steroid dienone is 2. The maximum Gasteiger partial charge on any atom is 0.147 e. The Morgan fingerprint density at radius 2 is 1.87 bits per heavy atom. The number of halogens is 1. The van der Waals surface area contributed by atoms with Crippen LogP contribution in [-0.4, -0.2) is 6.29 Å². The fourth-order valence-corrected chi connectivity index (χ4v) is 7.59. The van der Waals surface area contributed by atoms with Crippen LogP contribution in [-0.2, 0) is 4.79 Å². The lowest BCUT2D eigenvalue weighted by Gasteiger charge is -2.60. The Morgan fingerprint density at radius 3 is 2.61 bits per heavy atom. The zero-order valence-electron chi connectivity index (χ0n) is 14.9. The summed E-state index contributed by atoms with van der Waals surface area (Å²) in [7, 11) is 0. The van der Waals surface area contributed by atoms with Gasteiger partial charge in [0.05, 0.1) is 0 Å². The average molecular weight is 335 g/mol. The van der Waals surface area contributed by atoms with E-state index in [0.29, 0.717) is 11.3 Å². The number of carbonyl (C=O) groups excluding carboxylic acids is 1. The largest absolute Gasteiger partial charge is 0.298 e. The lowest BCUT2D eigenvalue weighted by molar-refractivity contribution is -0.107. The second-order valence-electron chi connectivity index (χ2n) is 9.65. The summed E-state index contributed by atoms with van der Waals surface area (Å²) in [5, 5.41) is 0.903. The third-order valence-electron chi connectivity index (χ3n) is 8.68. The fraction of sp³-hybridized carbons (Fsp3) is 0.857. The molecule has 0 saturated heterocycles. The van der Waals surface area contributed by atoms with E-state index < -0.39 is 0 Å². The van der Waals surface area contributed by atoms with Crippen LogP contribution in [0.3, 0.4) is 0 Å². The first-order valence-corrected chi connectivity index (χ1v) is 10.1. The molecular weight excluding hydrogens is 304 g/mol. The molecule has 0 bridgehead atoms. The lowest BCUT2D eigenvalue weighted by atomic mass is 9.45. The Labute approximate surface area is 146 Å². The first-order valence-electron chi connectivity index (χ1n) is 9.74. The summed E-state index contributed by atoms with van der Waals surface area (Å²) in [5.74, 6) is 4.12. The van der Waals surface area contributed by atoms with Gasteiger partial charge < -0.3 is 0 Å². The van der Waals surface area contributed by atoms with Crippen molar-refractivity contribution in [3.63, 3.8) is 0 Å². The van der Waals surface area contributed by atoms with Crippen molar-refractivity contribution in [2.45, 2.75) is 72.1 Å². The van der Waals surface area contributed by atoms with Gasteiger partial charge in [-0.15, -0.1) is 0 Å². The molecule has 23 heavy (non-hydrogen) atoms. The van der Waals surface area contributed by atoms with E-state index in [2.05, 4.69) is 20.8 Å². The van der Waals surface area contributed by atoms with Crippen molar-refractivity contribution in [2.24, 2.45) is 40.4 Å². The Balaban J connectivity index is 1.64. The normalized spacial score (nSPS) is 52.6. The van der Waals surface area contributed by atoms with Crippen molar-refractivity contribution >= 4 is 17.9 Å². The van der Waals surface area contributed by atoms with Crippen LogP contribution in [0.2, 0.25) is 0 Å². The predicted octanol–water partition coefficient (Wildman–Crippen LogP) is 5.97. The molecule has 3 saturated carbocycles. The molecule has 0 amide bonds. The summed E-state index contributed by atoms with van der Waals surface area (Å²) in [6.07, 6.45) is 11.5. The minimum Gasteiger partial charge on any atom is -0.298 e. The van der Waals surface area contributed by atoms with E-state index in [1.54, 1.807) is 0 Å². The van der Waals surface area contributed by atoms with Crippen LogP contribution < -0.4 is 0 Å². The van der Waals surface area contributed by atoms with Gasteiger partial charge in [0.15, 0.2) is 0 Å². The fourth-order valence-electron chi connectivity index (χ4n) is 7.23. The van der Waals surface area contributed by atoms with Gasteiger partial charge in [0, 0.05) is 16.0 Å². The van der Waals surface area contributed by atoms with Gasteiger partial charge in [0.2, 0.25) is 0 Å². The predicted molar refractivity (Wildman–Crippen MR) is 95.2 cm³/mol. The molecule has 128 valence electrons. The van der Waals surface area contributed by atoms with Gasteiger partial charge in [0.1, 0.15) is 6.29 Å². The quantitative estimate of drug-likeness (QED) is 0.540. The molecule has 7 atom stereocenters. The molecule has 0 spiro atoms. The van der Waals surface area contributed by atoms with E-state index in [0.717, 1.165) is 47.0 Å². The van der Waals surface area contributed by atoms with Crippen molar-refractivity contribution in [1.82, 2.24) is 0 Å². The highest BCUT2D eigenvalue weighted by Crippen LogP contribution is 2.67. The van der Waals surface area contributed by atoms with Crippen molar-refractivity contribution in [1.29, 1.82) is 0 Å². The summed E-state index contributed by atoms with van der Waals surface area (Å²) in [4.78, 5) is 11.4. The molecule has 4 aliphatic rings. The van der Waals surface area contributed by atoms with Crippen LogP contribution in [0.25, 0.3) is 0 Å². The Kier molecular flexibility index (Phi) is 3.76. The number of carbonyl (C=O) groups is 1. The van der Waals surface area contributed by atoms with E-state index >= 15 is 0 Å². The van der Waals surface area contributed by atoms with Crippen molar-refractivity contribution in [3.05, 3.63) is 10.6 Å². The topological polar surface area (TPSA) is 17.1 Å². The monoisotopic (exact) mass is 334 g/mol. The molecule has 4 rings (SSSR count). The summed E-state index contributed by atoms with van der Waals surface area (Å²) in [6.45, 7) is 7.39. The van der Waals surface area contributed by atoms with E-state index in [1.807, 2.05) is 0 Å². The van der Waals surface area contributed by atoms with Gasteiger partial charge in [-0.1, -0.05) is 38.8 Å². The maximum absolute atomic E-state index is 11.4. The molecule has 0 heterocycles. The molecule has 0 unspecified atom stereocenters. The molecular formula is C21H31ClO. The molecule has 0 aromatic carbocycles. The number of rotatable bonds is 1. The first kappa shape index (κ1) is 16.2. The summed E-state index contributed by atoms with van der Waals surface area (Å²) < 4.78 is 0. The van der Waals surface area contributed by atoms with Crippen LogP contribution in [0.4, 0.5) is 0 Å². The second kappa shape index (κ2) is 5.35.